The zero-order valence-electron chi connectivity index (χ0n) is 14.9. The van der Waals surface area contributed by atoms with E-state index in [1.165, 1.54) is 0 Å². The van der Waals surface area contributed by atoms with Crippen LogP contribution in [0.25, 0.3) is 22.3 Å². The number of rotatable bonds is 7. The lowest BCUT2D eigenvalue weighted by molar-refractivity contribution is -0.158. The molecule has 0 radical (unpaired) electrons. The first-order valence-electron chi connectivity index (χ1n) is 8.40. The Morgan fingerprint density at radius 2 is 2.07 bits per heavy atom. The summed E-state index contributed by atoms with van der Waals surface area (Å²) in [5, 5.41) is 10.2. The Hall–Kier alpha value is -3.42. The van der Waals surface area contributed by atoms with Crippen molar-refractivity contribution in [3.05, 3.63) is 42.4 Å². The highest BCUT2D eigenvalue weighted by Crippen LogP contribution is 2.35. The van der Waals surface area contributed by atoms with Crippen molar-refractivity contribution in [2.45, 2.75) is 13.3 Å². The second-order valence-electron chi connectivity index (χ2n) is 5.80. The van der Waals surface area contributed by atoms with Crippen molar-refractivity contribution in [2.75, 3.05) is 13.7 Å². The van der Waals surface area contributed by atoms with E-state index >= 15 is 0 Å². The maximum Gasteiger partial charge on any atom is 0.320 e. The summed E-state index contributed by atoms with van der Waals surface area (Å²) in [4.78, 5) is 35.4. The van der Waals surface area contributed by atoms with E-state index in [4.69, 9.17) is 9.47 Å². The van der Waals surface area contributed by atoms with Crippen LogP contribution in [0.1, 0.15) is 12.5 Å². The predicted molar refractivity (Wildman–Crippen MR) is 97.3 cm³/mol. The third kappa shape index (κ3) is 3.59. The van der Waals surface area contributed by atoms with Crippen molar-refractivity contribution < 1.29 is 24.2 Å². The van der Waals surface area contributed by atoms with Crippen molar-refractivity contribution in [3.63, 3.8) is 0 Å². The predicted octanol–water partition coefficient (Wildman–Crippen LogP) is 2.44. The number of fused-ring (bicyclic) bond motifs is 1. The van der Waals surface area contributed by atoms with Crippen molar-refractivity contribution in [1.82, 2.24) is 15.0 Å². The molecule has 3 heterocycles. The molecule has 0 fully saturated rings. The van der Waals surface area contributed by atoms with Gasteiger partial charge in [0.1, 0.15) is 11.4 Å². The van der Waals surface area contributed by atoms with E-state index in [1.54, 1.807) is 50.8 Å². The first-order valence-corrected chi connectivity index (χ1v) is 8.40. The summed E-state index contributed by atoms with van der Waals surface area (Å²) in [6.07, 6.45) is 4.95. The molecule has 0 bridgehead atoms. The van der Waals surface area contributed by atoms with Crippen LogP contribution in [0.3, 0.4) is 0 Å². The average molecular weight is 369 g/mol. The molecule has 27 heavy (non-hydrogen) atoms. The Balaban J connectivity index is 2.07. The summed E-state index contributed by atoms with van der Waals surface area (Å²) in [6.45, 7) is 1.76. The number of carboxylic acid groups (broad SMARTS) is 1. The zero-order valence-corrected chi connectivity index (χ0v) is 14.9. The van der Waals surface area contributed by atoms with Gasteiger partial charge >= 0.3 is 11.9 Å². The van der Waals surface area contributed by atoms with E-state index in [9.17, 15) is 14.7 Å². The van der Waals surface area contributed by atoms with Gasteiger partial charge in [-0.1, -0.05) is 6.07 Å². The molecule has 0 aliphatic rings. The first-order chi connectivity index (χ1) is 13.1. The zero-order chi connectivity index (χ0) is 19.4. The van der Waals surface area contributed by atoms with Crippen LogP contribution in [0.2, 0.25) is 0 Å². The minimum atomic E-state index is -1.31. The Bertz CT molecular complexity index is 982. The number of carbonyl (C=O) groups excluding carboxylic acids is 1. The molecule has 0 spiro atoms. The summed E-state index contributed by atoms with van der Waals surface area (Å²) in [5.41, 5.74) is 2.52. The van der Waals surface area contributed by atoms with Gasteiger partial charge in [0.05, 0.1) is 24.8 Å². The number of nitrogens with zero attached hydrogens (tertiary/aromatic N) is 2. The fourth-order valence-electron chi connectivity index (χ4n) is 2.96. The molecular weight excluding hydrogens is 350 g/mol. The highest BCUT2D eigenvalue weighted by Gasteiger charge is 2.29. The molecule has 140 valence electrons. The van der Waals surface area contributed by atoms with Gasteiger partial charge in [-0.15, -0.1) is 0 Å². The fourth-order valence-corrected chi connectivity index (χ4v) is 2.96. The molecule has 1 unspecified atom stereocenters. The van der Waals surface area contributed by atoms with Crippen LogP contribution < -0.4 is 4.74 Å². The van der Waals surface area contributed by atoms with Crippen LogP contribution in [-0.2, 0) is 20.7 Å². The topological polar surface area (TPSA) is 114 Å². The standard InChI is InChI=1S/C19H19N3O5/c1-3-27-19(25)12(18(23)24)9-11-5-4-7-20-16(11)13-10-22-17-15(13)14(26-2)6-8-21-17/h4-8,10,12H,3,9H2,1-2H3,(H,21,22)(H,23,24). The number of nitrogens with one attached hydrogen (secondary N) is 1. The number of ether oxygens (including phenoxy) is 2. The van der Waals surface area contributed by atoms with E-state index in [-0.39, 0.29) is 13.0 Å². The molecule has 0 amide bonds. The number of aliphatic carboxylic acids is 1. The smallest absolute Gasteiger partial charge is 0.320 e. The van der Waals surface area contributed by atoms with Crippen LogP contribution in [0.15, 0.2) is 36.8 Å². The second kappa shape index (κ2) is 7.86. The molecular formula is C19H19N3O5. The summed E-state index contributed by atoms with van der Waals surface area (Å²) in [7, 11) is 1.56. The number of methoxy groups -OCH3 is 1. The number of H-pyrrole nitrogens is 1. The van der Waals surface area contributed by atoms with Crippen LogP contribution in [0.5, 0.6) is 5.75 Å². The first kappa shape index (κ1) is 18.4. The van der Waals surface area contributed by atoms with Crippen LogP contribution in [-0.4, -0.2) is 45.7 Å². The number of hydrogen-bond acceptors (Lipinski definition) is 6. The lowest BCUT2D eigenvalue weighted by Crippen LogP contribution is -2.28. The number of hydrogen-bond donors (Lipinski definition) is 2. The molecule has 8 nitrogen and oxygen atoms in total. The molecule has 8 heteroatoms. The minimum absolute atomic E-state index is 0.0351. The molecule has 3 aromatic rings. The Morgan fingerprint density at radius 1 is 1.26 bits per heavy atom. The van der Waals surface area contributed by atoms with Gasteiger partial charge in [-0.3, -0.25) is 14.6 Å². The summed E-state index contributed by atoms with van der Waals surface area (Å²) in [5.74, 6) is -2.69. The maximum absolute atomic E-state index is 12.0. The molecule has 0 aliphatic heterocycles. The average Bonchev–Trinajstić information content (AvgIpc) is 3.10. The largest absolute Gasteiger partial charge is 0.496 e. The molecule has 0 aliphatic carbocycles. The van der Waals surface area contributed by atoms with Gasteiger partial charge in [-0.25, -0.2) is 4.98 Å². The molecule has 0 saturated heterocycles. The Labute approximate surface area is 155 Å². The van der Waals surface area contributed by atoms with Gasteiger partial charge in [-0.05, 0) is 31.0 Å². The van der Waals surface area contributed by atoms with E-state index in [0.29, 0.717) is 22.7 Å². The number of carboxylic acids is 1. The van der Waals surface area contributed by atoms with Crippen molar-refractivity contribution in [2.24, 2.45) is 5.92 Å². The number of aromatic amines is 1. The summed E-state index contributed by atoms with van der Waals surface area (Å²) < 4.78 is 10.3. The van der Waals surface area contributed by atoms with Crippen molar-refractivity contribution in [3.8, 4) is 17.0 Å². The molecule has 2 N–H and O–H groups in total. The van der Waals surface area contributed by atoms with Gasteiger partial charge in [-0.2, -0.15) is 0 Å². The van der Waals surface area contributed by atoms with Gasteiger partial charge in [0, 0.05) is 24.2 Å². The van der Waals surface area contributed by atoms with Crippen molar-refractivity contribution in [1.29, 1.82) is 0 Å². The van der Waals surface area contributed by atoms with Gasteiger partial charge < -0.3 is 19.6 Å². The number of aromatic nitrogens is 3. The van der Waals surface area contributed by atoms with Gasteiger partial charge in [0.2, 0.25) is 0 Å². The van der Waals surface area contributed by atoms with Gasteiger partial charge in [0.25, 0.3) is 0 Å². The third-order valence-corrected chi connectivity index (χ3v) is 4.19. The van der Waals surface area contributed by atoms with E-state index in [1.807, 2.05) is 0 Å². The quantitative estimate of drug-likeness (QED) is 0.485. The minimum Gasteiger partial charge on any atom is -0.496 e. The van der Waals surface area contributed by atoms with Crippen LogP contribution in [0, 0.1) is 5.92 Å². The van der Waals surface area contributed by atoms with Crippen LogP contribution >= 0.6 is 0 Å². The molecule has 3 rings (SSSR count). The van der Waals surface area contributed by atoms with E-state index < -0.39 is 17.9 Å². The van der Waals surface area contributed by atoms with Gasteiger partial charge in [0.15, 0.2) is 5.92 Å². The monoisotopic (exact) mass is 369 g/mol. The molecule has 1 atom stereocenters. The summed E-state index contributed by atoms with van der Waals surface area (Å²) >= 11 is 0. The highest BCUT2D eigenvalue weighted by molar-refractivity contribution is 5.98. The van der Waals surface area contributed by atoms with E-state index in [2.05, 4.69) is 15.0 Å². The number of carbonyl (C=O) groups is 2. The Kier molecular flexibility index (Phi) is 5.35. The fraction of sp³-hybridized carbons (Fsp3) is 0.263. The lowest BCUT2D eigenvalue weighted by atomic mass is 9.95. The molecule has 0 saturated carbocycles. The second-order valence-corrected chi connectivity index (χ2v) is 5.80. The maximum atomic E-state index is 12.0. The number of esters is 1. The van der Waals surface area contributed by atoms with Crippen LogP contribution in [0.4, 0.5) is 0 Å². The van der Waals surface area contributed by atoms with E-state index in [0.717, 1.165) is 10.9 Å². The Morgan fingerprint density at radius 3 is 2.78 bits per heavy atom. The SMILES string of the molecule is CCOC(=O)C(Cc1cccnc1-c1c[nH]c2nccc(OC)c12)C(=O)O. The normalized spacial score (nSPS) is 11.9. The third-order valence-electron chi connectivity index (χ3n) is 4.19. The highest BCUT2D eigenvalue weighted by atomic mass is 16.5. The summed E-state index contributed by atoms with van der Waals surface area (Å²) in [6, 6.07) is 5.19. The molecule has 0 aromatic carbocycles. The lowest BCUT2D eigenvalue weighted by Gasteiger charge is -2.14. The molecule has 3 aromatic heterocycles. The van der Waals surface area contributed by atoms with Crippen molar-refractivity contribution >= 4 is 23.0 Å². The number of pyridine rings is 2.